The van der Waals surface area contributed by atoms with Crippen LogP contribution in [0.4, 0.5) is 0 Å². The number of hydrogen-bond donors (Lipinski definition) is 0. The van der Waals surface area contributed by atoms with Gasteiger partial charge in [-0.05, 0) is 17.8 Å². The van der Waals surface area contributed by atoms with Crippen LogP contribution in [0.5, 0.6) is 0 Å². The van der Waals surface area contributed by atoms with Crippen LogP contribution >= 0.6 is 8.46 Å². The Morgan fingerprint density at radius 2 is 1.90 bits per heavy atom. The molecule has 2 atom stereocenters. The molecule has 0 spiro atoms. The SMILES string of the molecule is CC(CC[PH+]=O)C(C)(C)C. The maximum Gasteiger partial charge on any atom is 0.324 e. The molecule has 0 radical (unpaired) electrons. The molecule has 0 amide bonds. The standard InChI is InChI=1S/C8H17OP/c1-7(5-6-10-9)8(2,3)4/h7H,5-6H2,1-4H3/p+1. The first-order valence-electron chi connectivity index (χ1n) is 3.83. The molecule has 0 heterocycles. The zero-order valence-corrected chi connectivity index (χ0v) is 8.40. The van der Waals surface area contributed by atoms with E-state index in [0.29, 0.717) is 11.3 Å². The molecule has 0 aliphatic carbocycles. The molecule has 0 aromatic carbocycles. The highest BCUT2D eigenvalue weighted by Crippen LogP contribution is 2.28. The van der Waals surface area contributed by atoms with Gasteiger partial charge in [-0.3, -0.25) is 0 Å². The summed E-state index contributed by atoms with van der Waals surface area (Å²) in [5.74, 6) is 0.675. The van der Waals surface area contributed by atoms with Gasteiger partial charge in [0.2, 0.25) is 0 Å². The lowest BCUT2D eigenvalue weighted by Crippen LogP contribution is -2.17. The van der Waals surface area contributed by atoms with Crippen LogP contribution in [0.25, 0.3) is 0 Å². The lowest BCUT2D eigenvalue weighted by atomic mass is 9.81. The average molecular weight is 161 g/mol. The Hall–Kier alpha value is 0.100. The minimum absolute atomic E-state index is 0.120. The second-order valence-corrected chi connectivity index (χ2v) is 4.74. The Bertz CT molecular complexity index is 104. The Balaban J connectivity index is 3.61. The molecule has 0 aliphatic heterocycles. The third kappa shape index (κ3) is 4.00. The van der Waals surface area contributed by atoms with Crippen LogP contribution in [0.1, 0.15) is 34.1 Å². The summed E-state index contributed by atoms with van der Waals surface area (Å²) in [6.07, 6.45) is 1.95. The van der Waals surface area contributed by atoms with Crippen molar-refractivity contribution in [3.63, 3.8) is 0 Å². The van der Waals surface area contributed by atoms with Gasteiger partial charge in [-0.1, -0.05) is 32.3 Å². The molecule has 0 aromatic rings. The zero-order chi connectivity index (χ0) is 8.20. The molecule has 0 aliphatic rings. The maximum atomic E-state index is 10.2. The fraction of sp³-hybridized carbons (Fsp3) is 1.00. The molecule has 0 N–H and O–H groups in total. The van der Waals surface area contributed by atoms with Crippen molar-refractivity contribution in [2.75, 3.05) is 6.16 Å². The van der Waals surface area contributed by atoms with Crippen molar-refractivity contribution in [2.45, 2.75) is 34.1 Å². The summed E-state index contributed by atoms with van der Waals surface area (Å²) in [6.45, 7) is 8.91. The predicted octanol–water partition coefficient (Wildman–Crippen LogP) is 3.08. The van der Waals surface area contributed by atoms with E-state index in [2.05, 4.69) is 27.7 Å². The molecular weight excluding hydrogens is 143 g/mol. The summed E-state index contributed by atoms with van der Waals surface area (Å²) >= 11 is 0. The molecule has 2 heteroatoms. The molecule has 0 bridgehead atoms. The highest BCUT2D eigenvalue weighted by atomic mass is 31.1. The van der Waals surface area contributed by atoms with Gasteiger partial charge in [-0.2, -0.15) is 0 Å². The molecule has 0 rings (SSSR count). The summed E-state index contributed by atoms with van der Waals surface area (Å²) < 4.78 is 10.2. The van der Waals surface area contributed by atoms with Crippen LogP contribution in [0.15, 0.2) is 0 Å². The fourth-order valence-electron chi connectivity index (χ4n) is 0.708. The first-order valence-corrected chi connectivity index (χ1v) is 4.95. The van der Waals surface area contributed by atoms with Crippen molar-refractivity contribution < 1.29 is 4.57 Å². The molecule has 2 unspecified atom stereocenters. The highest BCUT2D eigenvalue weighted by molar-refractivity contribution is 7.23. The van der Waals surface area contributed by atoms with Crippen molar-refractivity contribution >= 4 is 8.46 Å². The monoisotopic (exact) mass is 161 g/mol. The van der Waals surface area contributed by atoms with Gasteiger partial charge in [0.1, 0.15) is 6.16 Å². The Kier molecular flexibility index (Phi) is 4.12. The highest BCUT2D eigenvalue weighted by Gasteiger charge is 2.20. The minimum atomic E-state index is -0.120. The number of hydrogen-bond acceptors (Lipinski definition) is 1. The first-order chi connectivity index (χ1) is 4.48. The van der Waals surface area contributed by atoms with Gasteiger partial charge in [0.25, 0.3) is 0 Å². The third-order valence-electron chi connectivity index (χ3n) is 2.16. The molecule has 1 nitrogen and oxygen atoms in total. The number of rotatable bonds is 3. The van der Waals surface area contributed by atoms with Crippen molar-refractivity contribution in [1.82, 2.24) is 0 Å². The second kappa shape index (κ2) is 4.08. The van der Waals surface area contributed by atoms with Gasteiger partial charge in [0, 0.05) is 0 Å². The quantitative estimate of drug-likeness (QED) is 0.581. The molecule has 0 saturated heterocycles. The van der Waals surface area contributed by atoms with Gasteiger partial charge in [0.15, 0.2) is 0 Å². The van der Waals surface area contributed by atoms with E-state index in [9.17, 15) is 4.57 Å². The van der Waals surface area contributed by atoms with Crippen LogP contribution < -0.4 is 0 Å². The van der Waals surface area contributed by atoms with E-state index in [1.54, 1.807) is 0 Å². The van der Waals surface area contributed by atoms with E-state index in [4.69, 9.17) is 0 Å². The van der Waals surface area contributed by atoms with Crippen molar-refractivity contribution in [1.29, 1.82) is 0 Å². The van der Waals surface area contributed by atoms with E-state index in [0.717, 1.165) is 12.6 Å². The molecule has 0 fully saturated rings. The van der Waals surface area contributed by atoms with Gasteiger partial charge in [-0.15, -0.1) is 0 Å². The first kappa shape index (κ1) is 10.1. The van der Waals surface area contributed by atoms with Crippen LogP contribution in [-0.4, -0.2) is 6.16 Å². The third-order valence-corrected chi connectivity index (χ3v) is 2.65. The molecular formula is C8H18OP+. The van der Waals surface area contributed by atoms with Gasteiger partial charge in [-0.25, -0.2) is 0 Å². The van der Waals surface area contributed by atoms with Crippen molar-refractivity contribution in [3.8, 4) is 0 Å². The summed E-state index contributed by atoms with van der Waals surface area (Å²) in [6, 6.07) is 0. The van der Waals surface area contributed by atoms with Gasteiger partial charge >= 0.3 is 8.46 Å². The van der Waals surface area contributed by atoms with E-state index in [1.165, 1.54) is 0 Å². The van der Waals surface area contributed by atoms with E-state index in [-0.39, 0.29) is 8.46 Å². The van der Waals surface area contributed by atoms with Crippen LogP contribution in [-0.2, 0) is 4.57 Å². The maximum absolute atomic E-state index is 10.2. The van der Waals surface area contributed by atoms with Gasteiger partial charge < -0.3 is 0 Å². The summed E-state index contributed by atoms with van der Waals surface area (Å²) in [7, 11) is -0.120. The summed E-state index contributed by atoms with van der Waals surface area (Å²) in [4.78, 5) is 0. The molecule has 0 saturated carbocycles. The average Bonchev–Trinajstić information content (AvgIpc) is 1.80. The fourth-order valence-corrected chi connectivity index (χ4v) is 1.26. The summed E-state index contributed by atoms with van der Waals surface area (Å²) in [5.41, 5.74) is 0.375. The van der Waals surface area contributed by atoms with Crippen LogP contribution in [0.2, 0.25) is 0 Å². The van der Waals surface area contributed by atoms with Crippen LogP contribution in [0.3, 0.4) is 0 Å². The largest absolute Gasteiger partial charge is 0.324 e. The topological polar surface area (TPSA) is 17.1 Å². The molecule has 10 heavy (non-hydrogen) atoms. The zero-order valence-electron chi connectivity index (χ0n) is 7.40. The van der Waals surface area contributed by atoms with Crippen molar-refractivity contribution in [2.24, 2.45) is 11.3 Å². The van der Waals surface area contributed by atoms with Gasteiger partial charge in [0.05, 0.1) is 0 Å². The Morgan fingerprint density at radius 3 is 2.20 bits per heavy atom. The summed E-state index contributed by atoms with van der Waals surface area (Å²) in [5, 5.41) is 0. The smallest absolute Gasteiger partial charge is 0.0775 e. The van der Waals surface area contributed by atoms with Crippen molar-refractivity contribution in [3.05, 3.63) is 0 Å². The minimum Gasteiger partial charge on any atom is -0.0775 e. The molecule has 60 valence electrons. The lowest BCUT2D eigenvalue weighted by Gasteiger charge is -2.25. The predicted molar refractivity (Wildman–Crippen MR) is 47.1 cm³/mol. The van der Waals surface area contributed by atoms with E-state index in [1.807, 2.05) is 0 Å². The van der Waals surface area contributed by atoms with E-state index >= 15 is 0 Å². The van der Waals surface area contributed by atoms with E-state index < -0.39 is 0 Å². The normalized spacial score (nSPS) is 15.6. The Morgan fingerprint density at radius 1 is 1.40 bits per heavy atom. The second-order valence-electron chi connectivity index (χ2n) is 3.95. The van der Waals surface area contributed by atoms with Crippen LogP contribution in [0, 0.1) is 11.3 Å². The Labute approximate surface area is 65.4 Å². The lowest BCUT2D eigenvalue weighted by molar-refractivity contribution is 0.256. The molecule has 0 aromatic heterocycles.